The zero-order valence-electron chi connectivity index (χ0n) is 7.89. The topological polar surface area (TPSA) is 41.1 Å². The first-order valence-electron chi connectivity index (χ1n) is 4.68. The van der Waals surface area contributed by atoms with Gasteiger partial charge in [-0.15, -0.1) is 0 Å². The zero-order chi connectivity index (χ0) is 8.97. The van der Waals surface area contributed by atoms with Crippen LogP contribution in [0.2, 0.25) is 0 Å². The van der Waals surface area contributed by atoms with Crippen LogP contribution in [0, 0.1) is 5.92 Å². The molecule has 12 heavy (non-hydrogen) atoms. The molecular weight excluding hydrogens is 152 g/mol. The lowest BCUT2D eigenvalue weighted by molar-refractivity contribution is -0.121. The highest BCUT2D eigenvalue weighted by atomic mass is 16.1. The molecule has 2 N–H and O–H groups in total. The van der Waals surface area contributed by atoms with Gasteiger partial charge < -0.3 is 10.6 Å². The second-order valence-corrected chi connectivity index (χ2v) is 3.56. The number of carbonyl (C=O) groups excluding carboxylic acids is 1. The fraction of sp³-hybridized carbons (Fsp3) is 0.889. The number of hydrogen-bond acceptors (Lipinski definition) is 2. The van der Waals surface area contributed by atoms with Crippen LogP contribution in [0.25, 0.3) is 0 Å². The van der Waals surface area contributed by atoms with Crippen molar-refractivity contribution in [2.75, 3.05) is 13.6 Å². The molecule has 1 aliphatic heterocycles. The van der Waals surface area contributed by atoms with Crippen LogP contribution in [-0.4, -0.2) is 25.5 Å². The maximum absolute atomic E-state index is 11.0. The van der Waals surface area contributed by atoms with E-state index in [9.17, 15) is 4.79 Å². The highest BCUT2D eigenvalue weighted by Crippen LogP contribution is 2.17. The van der Waals surface area contributed by atoms with E-state index in [1.807, 2.05) is 0 Å². The first kappa shape index (κ1) is 9.52. The Morgan fingerprint density at radius 2 is 2.50 bits per heavy atom. The lowest BCUT2D eigenvalue weighted by Crippen LogP contribution is -2.32. The van der Waals surface area contributed by atoms with Crippen molar-refractivity contribution in [3.8, 4) is 0 Å². The minimum Gasteiger partial charge on any atom is -0.359 e. The molecule has 0 aromatic carbocycles. The van der Waals surface area contributed by atoms with Crippen molar-refractivity contribution < 1.29 is 4.79 Å². The van der Waals surface area contributed by atoms with Crippen molar-refractivity contribution in [3.63, 3.8) is 0 Å². The number of carbonyl (C=O) groups is 1. The predicted octanol–water partition coefficient (Wildman–Crippen LogP) is 0.511. The lowest BCUT2D eigenvalue weighted by atomic mass is 9.97. The van der Waals surface area contributed by atoms with E-state index < -0.39 is 0 Å². The van der Waals surface area contributed by atoms with E-state index in [4.69, 9.17) is 0 Å². The van der Waals surface area contributed by atoms with Gasteiger partial charge in [0, 0.05) is 19.5 Å². The zero-order valence-corrected chi connectivity index (χ0v) is 7.89. The van der Waals surface area contributed by atoms with Crippen molar-refractivity contribution in [1.82, 2.24) is 10.6 Å². The Labute approximate surface area is 73.9 Å². The SMILES string of the molecule is CNC(=O)CC(C)C1CCCN1. The van der Waals surface area contributed by atoms with E-state index in [2.05, 4.69) is 17.6 Å². The molecule has 3 nitrogen and oxygen atoms in total. The third kappa shape index (κ3) is 2.48. The van der Waals surface area contributed by atoms with Gasteiger partial charge in [-0.05, 0) is 25.3 Å². The molecule has 2 atom stereocenters. The van der Waals surface area contributed by atoms with Gasteiger partial charge in [0.25, 0.3) is 0 Å². The Kier molecular flexibility index (Phi) is 3.53. The van der Waals surface area contributed by atoms with Crippen LogP contribution in [0.3, 0.4) is 0 Å². The average molecular weight is 170 g/mol. The Bertz CT molecular complexity index is 153. The van der Waals surface area contributed by atoms with E-state index >= 15 is 0 Å². The molecule has 1 fully saturated rings. The Morgan fingerprint density at radius 3 is 3.00 bits per heavy atom. The molecule has 70 valence electrons. The summed E-state index contributed by atoms with van der Waals surface area (Å²) < 4.78 is 0. The highest BCUT2D eigenvalue weighted by molar-refractivity contribution is 5.75. The summed E-state index contributed by atoms with van der Waals surface area (Å²) in [5.41, 5.74) is 0. The molecule has 0 aromatic heterocycles. The van der Waals surface area contributed by atoms with Crippen LogP contribution in [0.1, 0.15) is 26.2 Å². The monoisotopic (exact) mass is 170 g/mol. The first-order valence-corrected chi connectivity index (χ1v) is 4.68. The number of hydrogen-bond donors (Lipinski definition) is 2. The number of rotatable bonds is 3. The average Bonchev–Trinajstić information content (AvgIpc) is 2.56. The Balaban J connectivity index is 2.26. The van der Waals surface area contributed by atoms with Crippen molar-refractivity contribution in [3.05, 3.63) is 0 Å². The van der Waals surface area contributed by atoms with Crippen molar-refractivity contribution in [2.24, 2.45) is 5.92 Å². The normalized spacial score (nSPS) is 25.3. The van der Waals surface area contributed by atoms with Gasteiger partial charge >= 0.3 is 0 Å². The van der Waals surface area contributed by atoms with Gasteiger partial charge in [0.05, 0.1) is 0 Å². The summed E-state index contributed by atoms with van der Waals surface area (Å²) in [6.45, 7) is 3.25. The number of amides is 1. The van der Waals surface area contributed by atoms with Crippen molar-refractivity contribution in [1.29, 1.82) is 0 Å². The molecule has 1 aliphatic rings. The van der Waals surface area contributed by atoms with Crippen LogP contribution in [0.15, 0.2) is 0 Å². The molecular formula is C9H18N2O. The van der Waals surface area contributed by atoms with E-state index in [1.165, 1.54) is 12.8 Å². The Morgan fingerprint density at radius 1 is 1.75 bits per heavy atom. The third-order valence-electron chi connectivity index (χ3n) is 2.57. The lowest BCUT2D eigenvalue weighted by Gasteiger charge is -2.18. The molecule has 0 aromatic rings. The van der Waals surface area contributed by atoms with Crippen LogP contribution in [0.5, 0.6) is 0 Å². The maximum atomic E-state index is 11.0. The molecule has 1 amide bonds. The molecule has 2 unspecified atom stereocenters. The number of nitrogens with one attached hydrogen (secondary N) is 2. The second kappa shape index (κ2) is 4.45. The van der Waals surface area contributed by atoms with E-state index in [0.29, 0.717) is 18.4 Å². The fourth-order valence-electron chi connectivity index (χ4n) is 1.73. The minimum atomic E-state index is 0.149. The van der Waals surface area contributed by atoms with E-state index in [1.54, 1.807) is 7.05 Å². The molecule has 1 rings (SSSR count). The molecule has 0 spiro atoms. The van der Waals surface area contributed by atoms with E-state index in [0.717, 1.165) is 6.54 Å². The quantitative estimate of drug-likeness (QED) is 0.648. The van der Waals surface area contributed by atoms with Crippen LogP contribution in [-0.2, 0) is 4.79 Å². The van der Waals surface area contributed by atoms with Crippen LogP contribution < -0.4 is 10.6 Å². The molecule has 0 radical (unpaired) electrons. The summed E-state index contributed by atoms with van der Waals surface area (Å²) in [7, 11) is 1.69. The maximum Gasteiger partial charge on any atom is 0.220 e. The third-order valence-corrected chi connectivity index (χ3v) is 2.57. The largest absolute Gasteiger partial charge is 0.359 e. The van der Waals surface area contributed by atoms with Crippen LogP contribution in [0.4, 0.5) is 0 Å². The van der Waals surface area contributed by atoms with Gasteiger partial charge in [-0.25, -0.2) is 0 Å². The summed E-state index contributed by atoms with van der Waals surface area (Å²) in [6.07, 6.45) is 3.12. The summed E-state index contributed by atoms with van der Waals surface area (Å²) in [6, 6.07) is 0.558. The summed E-state index contributed by atoms with van der Waals surface area (Å²) in [4.78, 5) is 11.0. The summed E-state index contributed by atoms with van der Waals surface area (Å²) >= 11 is 0. The van der Waals surface area contributed by atoms with Crippen molar-refractivity contribution in [2.45, 2.75) is 32.2 Å². The highest BCUT2D eigenvalue weighted by Gasteiger charge is 2.22. The molecule has 1 saturated heterocycles. The molecule has 0 aliphatic carbocycles. The Hall–Kier alpha value is -0.570. The van der Waals surface area contributed by atoms with Gasteiger partial charge in [-0.3, -0.25) is 4.79 Å². The van der Waals surface area contributed by atoms with E-state index in [-0.39, 0.29) is 5.91 Å². The van der Waals surface area contributed by atoms with Gasteiger partial charge in [0.15, 0.2) is 0 Å². The standard InChI is InChI=1S/C9H18N2O/c1-7(6-9(12)10-2)8-4-3-5-11-8/h7-8,11H,3-6H2,1-2H3,(H,10,12). The fourth-order valence-corrected chi connectivity index (χ4v) is 1.73. The molecule has 0 bridgehead atoms. The molecule has 1 heterocycles. The predicted molar refractivity (Wildman–Crippen MR) is 48.9 cm³/mol. The molecule has 3 heteroatoms. The smallest absolute Gasteiger partial charge is 0.220 e. The second-order valence-electron chi connectivity index (χ2n) is 3.56. The minimum absolute atomic E-state index is 0.149. The van der Waals surface area contributed by atoms with Gasteiger partial charge in [-0.1, -0.05) is 6.92 Å². The molecule has 0 saturated carbocycles. The van der Waals surface area contributed by atoms with Gasteiger partial charge in [0.2, 0.25) is 5.91 Å². The van der Waals surface area contributed by atoms with Gasteiger partial charge in [0.1, 0.15) is 0 Å². The first-order chi connectivity index (χ1) is 5.74. The summed E-state index contributed by atoms with van der Waals surface area (Å²) in [5, 5.41) is 6.06. The van der Waals surface area contributed by atoms with Gasteiger partial charge in [-0.2, -0.15) is 0 Å². The van der Waals surface area contributed by atoms with Crippen molar-refractivity contribution >= 4 is 5.91 Å². The van der Waals surface area contributed by atoms with Crippen LogP contribution >= 0.6 is 0 Å². The summed E-state index contributed by atoms with van der Waals surface area (Å²) in [5.74, 6) is 0.614.